The molecule has 0 amide bonds. The van der Waals surface area contributed by atoms with E-state index in [9.17, 15) is 0 Å². The first-order chi connectivity index (χ1) is 7.76. The van der Waals surface area contributed by atoms with Crippen LogP contribution in [0, 0.1) is 5.92 Å². The van der Waals surface area contributed by atoms with Gasteiger partial charge in [0.2, 0.25) is 0 Å². The summed E-state index contributed by atoms with van der Waals surface area (Å²) >= 11 is 3.38. The van der Waals surface area contributed by atoms with Crippen LogP contribution < -0.4 is 4.74 Å². The predicted molar refractivity (Wildman–Crippen MR) is 66.7 cm³/mol. The topological polar surface area (TPSA) is 38.7 Å². The van der Waals surface area contributed by atoms with Crippen molar-refractivity contribution in [1.29, 1.82) is 0 Å². The summed E-state index contributed by atoms with van der Waals surface area (Å²) in [4.78, 5) is 0. The van der Waals surface area contributed by atoms with E-state index in [0.29, 0.717) is 13.2 Å². The van der Waals surface area contributed by atoms with Crippen LogP contribution in [0.15, 0.2) is 28.7 Å². The summed E-state index contributed by atoms with van der Waals surface area (Å²) in [7, 11) is 1.66. The van der Waals surface area contributed by atoms with E-state index in [4.69, 9.17) is 14.6 Å². The third-order valence-electron chi connectivity index (χ3n) is 2.27. The maximum absolute atomic E-state index is 9.14. The average Bonchev–Trinajstić information content (AvgIpc) is 2.29. The molecular weight excluding hydrogens is 272 g/mol. The zero-order valence-electron chi connectivity index (χ0n) is 9.36. The van der Waals surface area contributed by atoms with Crippen molar-refractivity contribution in [2.24, 2.45) is 5.92 Å². The third kappa shape index (κ3) is 4.96. The van der Waals surface area contributed by atoms with Gasteiger partial charge in [-0.2, -0.15) is 0 Å². The van der Waals surface area contributed by atoms with E-state index in [0.717, 1.165) is 16.6 Å². The number of ether oxygens (including phenoxy) is 2. The molecule has 90 valence electrons. The Morgan fingerprint density at radius 1 is 1.44 bits per heavy atom. The van der Waals surface area contributed by atoms with Gasteiger partial charge in [0, 0.05) is 30.7 Å². The van der Waals surface area contributed by atoms with Crippen molar-refractivity contribution >= 4 is 15.9 Å². The molecule has 0 heterocycles. The van der Waals surface area contributed by atoms with E-state index in [-0.39, 0.29) is 12.5 Å². The molecule has 0 aromatic heterocycles. The van der Waals surface area contributed by atoms with Crippen molar-refractivity contribution < 1.29 is 14.6 Å². The Hall–Kier alpha value is -0.580. The highest BCUT2D eigenvalue weighted by Crippen LogP contribution is 2.18. The van der Waals surface area contributed by atoms with E-state index >= 15 is 0 Å². The van der Waals surface area contributed by atoms with Gasteiger partial charge in [-0.15, -0.1) is 0 Å². The Balaban J connectivity index is 2.37. The zero-order chi connectivity index (χ0) is 11.8. The molecule has 1 aromatic carbocycles. The largest absolute Gasteiger partial charge is 0.493 e. The molecule has 3 nitrogen and oxygen atoms in total. The molecule has 16 heavy (non-hydrogen) atoms. The lowest BCUT2D eigenvalue weighted by molar-refractivity contribution is 0.116. The molecule has 1 rings (SSSR count). The van der Waals surface area contributed by atoms with Crippen molar-refractivity contribution in [2.75, 3.05) is 26.9 Å². The normalized spacial score (nSPS) is 12.4. The molecular formula is C12H17BrO3. The number of aliphatic hydroxyl groups is 1. The van der Waals surface area contributed by atoms with Gasteiger partial charge in [-0.05, 0) is 24.6 Å². The van der Waals surface area contributed by atoms with Crippen LogP contribution >= 0.6 is 15.9 Å². The summed E-state index contributed by atoms with van der Waals surface area (Å²) in [6.07, 6.45) is 0.807. The summed E-state index contributed by atoms with van der Waals surface area (Å²) in [6.45, 7) is 1.28. The summed E-state index contributed by atoms with van der Waals surface area (Å²) in [5, 5.41) is 9.14. The third-order valence-corrected chi connectivity index (χ3v) is 2.76. The second-order valence-corrected chi connectivity index (χ2v) is 4.51. The van der Waals surface area contributed by atoms with E-state index in [1.54, 1.807) is 7.11 Å². The Bertz CT molecular complexity index is 304. The van der Waals surface area contributed by atoms with Crippen molar-refractivity contribution in [3.05, 3.63) is 28.7 Å². The van der Waals surface area contributed by atoms with Crippen molar-refractivity contribution in [1.82, 2.24) is 0 Å². The Morgan fingerprint density at radius 2 is 2.25 bits per heavy atom. The molecule has 0 fully saturated rings. The van der Waals surface area contributed by atoms with E-state index < -0.39 is 0 Å². The van der Waals surface area contributed by atoms with Crippen LogP contribution in [-0.2, 0) is 4.74 Å². The van der Waals surface area contributed by atoms with Crippen LogP contribution in [0.2, 0.25) is 0 Å². The lowest BCUT2D eigenvalue weighted by Gasteiger charge is -2.14. The molecule has 0 saturated carbocycles. The summed E-state index contributed by atoms with van der Waals surface area (Å²) in [5.74, 6) is 0.934. The first-order valence-electron chi connectivity index (χ1n) is 5.24. The zero-order valence-corrected chi connectivity index (χ0v) is 10.9. The lowest BCUT2D eigenvalue weighted by atomic mass is 10.1. The lowest BCUT2D eigenvalue weighted by Crippen LogP contribution is -2.17. The van der Waals surface area contributed by atoms with E-state index in [1.165, 1.54) is 0 Å². The maximum Gasteiger partial charge on any atom is 0.120 e. The average molecular weight is 289 g/mol. The molecule has 0 aliphatic rings. The van der Waals surface area contributed by atoms with Gasteiger partial charge in [-0.3, -0.25) is 0 Å². The van der Waals surface area contributed by atoms with E-state index in [2.05, 4.69) is 15.9 Å². The Kier molecular flexibility index (Phi) is 6.45. The number of aliphatic hydroxyl groups excluding tert-OH is 1. The van der Waals surface area contributed by atoms with Crippen LogP contribution in [0.5, 0.6) is 5.75 Å². The van der Waals surface area contributed by atoms with Crippen molar-refractivity contribution in [3.8, 4) is 5.75 Å². The van der Waals surface area contributed by atoms with Crippen molar-refractivity contribution in [2.45, 2.75) is 6.42 Å². The first-order valence-corrected chi connectivity index (χ1v) is 6.03. The molecule has 0 aliphatic carbocycles. The highest BCUT2D eigenvalue weighted by atomic mass is 79.9. The van der Waals surface area contributed by atoms with Gasteiger partial charge in [0.25, 0.3) is 0 Å². The SMILES string of the molecule is COCCC(CO)COc1cccc(Br)c1. The fourth-order valence-electron chi connectivity index (χ4n) is 1.28. The molecule has 0 bridgehead atoms. The van der Waals surface area contributed by atoms with Crippen LogP contribution in [0.1, 0.15) is 6.42 Å². The van der Waals surface area contributed by atoms with Gasteiger partial charge in [0.05, 0.1) is 6.61 Å². The van der Waals surface area contributed by atoms with Gasteiger partial charge in [-0.25, -0.2) is 0 Å². The Labute approximate surface area is 105 Å². The molecule has 4 heteroatoms. The maximum atomic E-state index is 9.14. The second kappa shape index (κ2) is 7.65. The minimum Gasteiger partial charge on any atom is -0.493 e. The van der Waals surface area contributed by atoms with Gasteiger partial charge >= 0.3 is 0 Å². The summed E-state index contributed by atoms with van der Waals surface area (Å²) < 4.78 is 11.6. The minimum absolute atomic E-state index is 0.122. The van der Waals surface area contributed by atoms with Crippen LogP contribution in [-0.4, -0.2) is 32.0 Å². The van der Waals surface area contributed by atoms with Gasteiger partial charge in [0.1, 0.15) is 5.75 Å². The molecule has 1 unspecified atom stereocenters. The molecule has 1 atom stereocenters. The van der Waals surface area contributed by atoms with Crippen LogP contribution in [0.3, 0.4) is 0 Å². The number of hydrogen-bond donors (Lipinski definition) is 1. The van der Waals surface area contributed by atoms with Crippen molar-refractivity contribution in [3.63, 3.8) is 0 Å². The molecule has 1 aromatic rings. The molecule has 0 aliphatic heterocycles. The van der Waals surface area contributed by atoms with Gasteiger partial charge in [-0.1, -0.05) is 22.0 Å². The number of rotatable bonds is 7. The number of benzene rings is 1. The fraction of sp³-hybridized carbons (Fsp3) is 0.500. The number of methoxy groups -OCH3 is 1. The Morgan fingerprint density at radius 3 is 2.88 bits per heavy atom. The molecule has 1 N–H and O–H groups in total. The minimum atomic E-state index is 0.122. The second-order valence-electron chi connectivity index (χ2n) is 3.60. The van der Waals surface area contributed by atoms with Crippen LogP contribution in [0.4, 0.5) is 0 Å². The summed E-state index contributed by atoms with van der Waals surface area (Å²) in [6, 6.07) is 7.67. The van der Waals surface area contributed by atoms with Gasteiger partial charge in [0.15, 0.2) is 0 Å². The standard InChI is InChI=1S/C12H17BrO3/c1-15-6-5-10(8-14)9-16-12-4-2-3-11(13)7-12/h2-4,7,10,14H,5-6,8-9H2,1H3. The molecule has 0 radical (unpaired) electrons. The molecule has 0 saturated heterocycles. The smallest absolute Gasteiger partial charge is 0.120 e. The highest BCUT2D eigenvalue weighted by Gasteiger charge is 2.08. The quantitative estimate of drug-likeness (QED) is 0.838. The fourth-order valence-corrected chi connectivity index (χ4v) is 1.66. The number of hydrogen-bond acceptors (Lipinski definition) is 3. The first kappa shape index (κ1) is 13.5. The van der Waals surface area contributed by atoms with E-state index in [1.807, 2.05) is 24.3 Å². The number of halogens is 1. The monoisotopic (exact) mass is 288 g/mol. The van der Waals surface area contributed by atoms with Crippen LogP contribution in [0.25, 0.3) is 0 Å². The highest BCUT2D eigenvalue weighted by molar-refractivity contribution is 9.10. The predicted octanol–water partition coefficient (Wildman–Crippen LogP) is 2.47. The van der Waals surface area contributed by atoms with Gasteiger partial charge < -0.3 is 14.6 Å². The summed E-state index contributed by atoms with van der Waals surface area (Å²) in [5.41, 5.74) is 0. The molecule has 0 spiro atoms.